The molecule has 0 aliphatic carbocycles. The number of aryl methyl sites for hydroxylation is 1. The van der Waals surface area contributed by atoms with Crippen LogP contribution in [0.3, 0.4) is 0 Å². The van der Waals surface area contributed by atoms with Crippen LogP contribution >= 0.6 is 0 Å². The molecule has 1 unspecified atom stereocenters. The van der Waals surface area contributed by atoms with Gasteiger partial charge < -0.3 is 15.7 Å². The summed E-state index contributed by atoms with van der Waals surface area (Å²) in [4.78, 5) is 6.54. The van der Waals surface area contributed by atoms with E-state index in [9.17, 15) is 5.11 Å². The Hall–Kier alpha value is -1.81. The minimum Gasteiger partial charge on any atom is -0.398 e. The third-order valence-corrected chi connectivity index (χ3v) is 3.84. The van der Waals surface area contributed by atoms with Gasteiger partial charge in [0.15, 0.2) is 0 Å². The van der Waals surface area contributed by atoms with Crippen molar-refractivity contribution >= 4 is 22.1 Å². The van der Waals surface area contributed by atoms with Gasteiger partial charge in [-0.3, -0.25) is 4.98 Å². The molecule has 19 heavy (non-hydrogen) atoms. The Bertz CT molecular complexity index is 637. The lowest BCUT2D eigenvalue weighted by Gasteiger charge is -2.23. The number of fused-ring (bicyclic) bond motifs is 1. The SMILES string of the molecule is Cc1cc2c(N3CCC(C)(O)C3)ccc(N)c2cn1. The van der Waals surface area contributed by atoms with E-state index in [-0.39, 0.29) is 0 Å². The van der Waals surface area contributed by atoms with Crippen LogP contribution in [-0.2, 0) is 0 Å². The molecule has 0 amide bonds. The maximum absolute atomic E-state index is 10.1. The molecule has 0 saturated carbocycles. The molecule has 1 saturated heterocycles. The number of pyridine rings is 1. The predicted octanol–water partition coefficient (Wildman–Crippen LogP) is 2.09. The minimum atomic E-state index is -0.601. The number of anilines is 2. The summed E-state index contributed by atoms with van der Waals surface area (Å²) in [5, 5.41) is 12.2. The topological polar surface area (TPSA) is 62.4 Å². The van der Waals surface area contributed by atoms with Crippen LogP contribution in [0.5, 0.6) is 0 Å². The molecule has 2 aromatic rings. The second-order valence-corrected chi connectivity index (χ2v) is 5.71. The maximum Gasteiger partial charge on any atom is 0.0810 e. The summed E-state index contributed by atoms with van der Waals surface area (Å²) in [5.74, 6) is 0. The second kappa shape index (κ2) is 4.10. The number of nitrogens with two attached hydrogens (primary N) is 1. The molecule has 1 aromatic heterocycles. The number of hydrogen-bond acceptors (Lipinski definition) is 4. The number of β-amino-alcohol motifs (C(OH)–C–C–N with tert-alkyl or cyclic N) is 1. The second-order valence-electron chi connectivity index (χ2n) is 5.71. The van der Waals surface area contributed by atoms with Gasteiger partial charge >= 0.3 is 0 Å². The first-order chi connectivity index (χ1) is 8.96. The molecular formula is C15H19N3O. The fourth-order valence-electron chi connectivity index (χ4n) is 2.78. The summed E-state index contributed by atoms with van der Waals surface area (Å²) in [6.45, 7) is 5.40. The van der Waals surface area contributed by atoms with Crippen molar-refractivity contribution in [3.8, 4) is 0 Å². The van der Waals surface area contributed by atoms with Gasteiger partial charge in [0.25, 0.3) is 0 Å². The number of nitrogen functional groups attached to an aromatic ring is 1. The Balaban J connectivity index is 2.14. The number of nitrogens with zero attached hydrogens (tertiary/aromatic N) is 2. The van der Waals surface area contributed by atoms with Gasteiger partial charge in [-0.25, -0.2) is 0 Å². The van der Waals surface area contributed by atoms with Gasteiger partial charge in [-0.15, -0.1) is 0 Å². The van der Waals surface area contributed by atoms with E-state index in [1.54, 1.807) is 0 Å². The summed E-state index contributed by atoms with van der Waals surface area (Å²) >= 11 is 0. The molecular weight excluding hydrogens is 238 g/mol. The van der Waals surface area contributed by atoms with Gasteiger partial charge in [-0.1, -0.05) is 0 Å². The van der Waals surface area contributed by atoms with Crippen LogP contribution < -0.4 is 10.6 Å². The fourth-order valence-corrected chi connectivity index (χ4v) is 2.78. The van der Waals surface area contributed by atoms with Crippen LogP contribution in [0.1, 0.15) is 19.0 Å². The Kier molecular flexibility index (Phi) is 2.64. The van der Waals surface area contributed by atoms with E-state index in [1.807, 2.05) is 32.2 Å². The van der Waals surface area contributed by atoms with E-state index in [0.717, 1.165) is 40.8 Å². The van der Waals surface area contributed by atoms with Crippen LogP contribution in [0, 0.1) is 6.92 Å². The molecule has 4 nitrogen and oxygen atoms in total. The van der Waals surface area contributed by atoms with Crippen LogP contribution in [0.4, 0.5) is 11.4 Å². The molecule has 3 N–H and O–H groups in total. The van der Waals surface area contributed by atoms with Crippen molar-refractivity contribution in [3.05, 3.63) is 30.1 Å². The molecule has 1 atom stereocenters. The highest BCUT2D eigenvalue weighted by atomic mass is 16.3. The van der Waals surface area contributed by atoms with Gasteiger partial charge in [0.1, 0.15) is 0 Å². The van der Waals surface area contributed by atoms with Crippen LogP contribution in [0.2, 0.25) is 0 Å². The van der Waals surface area contributed by atoms with Crippen molar-refractivity contribution in [2.45, 2.75) is 25.9 Å². The van der Waals surface area contributed by atoms with Gasteiger partial charge in [0.2, 0.25) is 0 Å². The van der Waals surface area contributed by atoms with Crippen molar-refractivity contribution < 1.29 is 5.11 Å². The zero-order valence-corrected chi connectivity index (χ0v) is 11.3. The number of benzene rings is 1. The first-order valence-corrected chi connectivity index (χ1v) is 6.58. The molecule has 0 bridgehead atoms. The molecule has 3 rings (SSSR count). The molecule has 0 radical (unpaired) electrons. The maximum atomic E-state index is 10.1. The number of rotatable bonds is 1. The monoisotopic (exact) mass is 257 g/mol. The number of aromatic nitrogens is 1. The fraction of sp³-hybridized carbons (Fsp3) is 0.400. The summed E-state index contributed by atoms with van der Waals surface area (Å²) in [6, 6.07) is 6.02. The van der Waals surface area contributed by atoms with Crippen molar-refractivity contribution in [3.63, 3.8) is 0 Å². The van der Waals surface area contributed by atoms with Crippen molar-refractivity contribution in [1.29, 1.82) is 0 Å². The highest BCUT2D eigenvalue weighted by molar-refractivity contribution is 6.01. The Morgan fingerprint density at radius 3 is 2.84 bits per heavy atom. The summed E-state index contributed by atoms with van der Waals surface area (Å²) < 4.78 is 0. The summed E-state index contributed by atoms with van der Waals surface area (Å²) in [5.41, 5.74) is 8.27. The number of hydrogen-bond donors (Lipinski definition) is 2. The largest absolute Gasteiger partial charge is 0.398 e. The van der Waals surface area contributed by atoms with Crippen molar-refractivity contribution in [1.82, 2.24) is 4.98 Å². The molecule has 1 fully saturated rings. The first kappa shape index (κ1) is 12.2. The van der Waals surface area contributed by atoms with E-state index < -0.39 is 5.60 Å². The third kappa shape index (κ3) is 2.12. The van der Waals surface area contributed by atoms with E-state index in [2.05, 4.69) is 16.0 Å². The van der Waals surface area contributed by atoms with Crippen molar-refractivity contribution in [2.24, 2.45) is 0 Å². The van der Waals surface area contributed by atoms with Crippen LogP contribution in [0.15, 0.2) is 24.4 Å². The Labute approximate surface area is 112 Å². The van der Waals surface area contributed by atoms with E-state index >= 15 is 0 Å². The Morgan fingerprint density at radius 1 is 1.37 bits per heavy atom. The molecule has 0 spiro atoms. The predicted molar refractivity (Wildman–Crippen MR) is 78.3 cm³/mol. The van der Waals surface area contributed by atoms with Crippen LogP contribution in [-0.4, -0.2) is 28.8 Å². The first-order valence-electron chi connectivity index (χ1n) is 6.58. The van der Waals surface area contributed by atoms with Gasteiger partial charge in [-0.05, 0) is 38.5 Å². The molecule has 4 heteroatoms. The molecule has 1 aliphatic heterocycles. The van der Waals surface area contributed by atoms with E-state index in [1.165, 1.54) is 0 Å². The molecule has 2 heterocycles. The molecule has 1 aromatic carbocycles. The standard InChI is InChI=1S/C15H19N3O/c1-10-7-11-12(8-17-10)13(16)3-4-14(11)18-6-5-15(2,19)9-18/h3-4,7-8,19H,5-6,9,16H2,1-2H3. The van der Waals surface area contributed by atoms with E-state index in [0.29, 0.717) is 6.54 Å². The molecule has 100 valence electrons. The molecule has 1 aliphatic rings. The quantitative estimate of drug-likeness (QED) is 0.768. The van der Waals surface area contributed by atoms with Gasteiger partial charge in [0, 0.05) is 47.1 Å². The average Bonchev–Trinajstić information content (AvgIpc) is 2.70. The normalized spacial score (nSPS) is 23.2. The van der Waals surface area contributed by atoms with Crippen LogP contribution in [0.25, 0.3) is 10.8 Å². The highest BCUT2D eigenvalue weighted by Crippen LogP contribution is 2.34. The average molecular weight is 257 g/mol. The lowest BCUT2D eigenvalue weighted by Crippen LogP contribution is -2.29. The number of aliphatic hydroxyl groups is 1. The van der Waals surface area contributed by atoms with Gasteiger partial charge in [-0.2, -0.15) is 0 Å². The lowest BCUT2D eigenvalue weighted by molar-refractivity contribution is 0.0839. The lowest BCUT2D eigenvalue weighted by atomic mass is 10.1. The minimum absolute atomic E-state index is 0.601. The Morgan fingerprint density at radius 2 is 2.16 bits per heavy atom. The zero-order valence-electron chi connectivity index (χ0n) is 11.3. The van der Waals surface area contributed by atoms with Gasteiger partial charge in [0.05, 0.1) is 5.60 Å². The van der Waals surface area contributed by atoms with E-state index in [4.69, 9.17) is 5.73 Å². The zero-order chi connectivity index (χ0) is 13.6. The smallest absolute Gasteiger partial charge is 0.0810 e. The summed E-state index contributed by atoms with van der Waals surface area (Å²) in [6.07, 6.45) is 2.63. The summed E-state index contributed by atoms with van der Waals surface area (Å²) in [7, 11) is 0. The highest BCUT2D eigenvalue weighted by Gasteiger charge is 2.32. The third-order valence-electron chi connectivity index (χ3n) is 3.84. The van der Waals surface area contributed by atoms with Crippen molar-refractivity contribution in [2.75, 3.05) is 23.7 Å².